The molecule has 0 N–H and O–H groups in total. The van der Waals surface area contributed by atoms with E-state index < -0.39 is 0 Å². The van der Waals surface area contributed by atoms with Crippen molar-refractivity contribution in [2.75, 3.05) is 0 Å². The van der Waals surface area contributed by atoms with Crippen LogP contribution in [0.25, 0.3) is 0 Å². The molecular weight excluding hydrogens is 283 g/mol. The first-order valence-electron chi connectivity index (χ1n) is 5.44. The monoisotopic (exact) mass is 310 g/mol. The molecule has 0 aromatic heterocycles. The summed E-state index contributed by atoms with van der Waals surface area (Å²) < 4.78 is 0.282. The van der Waals surface area contributed by atoms with Crippen LogP contribution in [0.5, 0.6) is 0 Å². The minimum atomic E-state index is 0.282. The van der Waals surface area contributed by atoms with Crippen molar-refractivity contribution in [1.29, 1.82) is 0 Å². The SMILES string of the molecule is CC(C)(C)C(I)(C(C)(C)C)C(C)(C)C. The summed E-state index contributed by atoms with van der Waals surface area (Å²) >= 11 is 2.70. The lowest BCUT2D eigenvalue weighted by Gasteiger charge is -2.57. The van der Waals surface area contributed by atoms with Crippen LogP contribution in [0.2, 0.25) is 0 Å². The second kappa shape index (κ2) is 3.64. The molecule has 0 aromatic carbocycles. The molecular formula is C13H27I. The Hall–Kier alpha value is 0.730. The van der Waals surface area contributed by atoms with Crippen molar-refractivity contribution < 1.29 is 0 Å². The predicted octanol–water partition coefficient (Wildman–Crippen LogP) is 5.30. The first-order chi connectivity index (χ1) is 5.75. The quantitative estimate of drug-likeness (QED) is 0.421. The van der Waals surface area contributed by atoms with E-state index in [4.69, 9.17) is 0 Å². The molecule has 0 bridgehead atoms. The molecule has 0 rings (SSSR count). The summed E-state index contributed by atoms with van der Waals surface area (Å²) in [4.78, 5) is 0. The molecule has 0 radical (unpaired) electrons. The fourth-order valence-corrected chi connectivity index (χ4v) is 3.38. The van der Waals surface area contributed by atoms with E-state index in [1.807, 2.05) is 0 Å². The second-order valence-electron chi connectivity index (χ2n) is 7.41. The summed E-state index contributed by atoms with van der Waals surface area (Å²) in [6.07, 6.45) is 0. The number of halogens is 1. The van der Waals surface area contributed by atoms with Gasteiger partial charge in [-0.3, -0.25) is 0 Å². The van der Waals surface area contributed by atoms with Crippen molar-refractivity contribution in [2.24, 2.45) is 16.2 Å². The van der Waals surface area contributed by atoms with Crippen LogP contribution in [0.3, 0.4) is 0 Å². The van der Waals surface area contributed by atoms with E-state index in [2.05, 4.69) is 84.9 Å². The molecule has 0 fully saturated rings. The molecule has 0 spiro atoms. The summed E-state index contributed by atoms with van der Waals surface area (Å²) in [6, 6.07) is 0. The van der Waals surface area contributed by atoms with Crippen molar-refractivity contribution in [3.63, 3.8) is 0 Å². The number of alkyl halides is 1. The number of hydrogen-bond acceptors (Lipinski definition) is 0. The summed E-state index contributed by atoms with van der Waals surface area (Å²) in [6.45, 7) is 21.2. The highest BCUT2D eigenvalue weighted by molar-refractivity contribution is 14.1. The average molecular weight is 310 g/mol. The van der Waals surface area contributed by atoms with E-state index in [1.54, 1.807) is 0 Å². The third kappa shape index (κ3) is 2.28. The third-order valence-electron chi connectivity index (χ3n) is 3.10. The van der Waals surface area contributed by atoms with Gasteiger partial charge in [-0.15, -0.1) is 0 Å². The van der Waals surface area contributed by atoms with E-state index in [0.29, 0.717) is 16.2 Å². The second-order valence-corrected chi connectivity index (χ2v) is 9.03. The number of rotatable bonds is 0. The first-order valence-corrected chi connectivity index (χ1v) is 6.52. The lowest BCUT2D eigenvalue weighted by Crippen LogP contribution is -2.56. The molecule has 0 aliphatic carbocycles. The Bertz CT molecular complexity index is 159. The Morgan fingerprint density at radius 2 is 0.643 bits per heavy atom. The van der Waals surface area contributed by atoms with E-state index in [-0.39, 0.29) is 3.42 Å². The van der Waals surface area contributed by atoms with Gasteiger partial charge in [-0.1, -0.05) is 84.9 Å². The minimum Gasteiger partial charge on any atom is -0.0771 e. The Labute approximate surface area is 104 Å². The van der Waals surface area contributed by atoms with Crippen LogP contribution in [0, 0.1) is 16.2 Å². The van der Waals surface area contributed by atoms with Gasteiger partial charge in [0.05, 0.1) is 0 Å². The normalized spacial score (nSPS) is 15.9. The maximum absolute atomic E-state index is 2.70. The van der Waals surface area contributed by atoms with E-state index in [9.17, 15) is 0 Å². The molecule has 14 heavy (non-hydrogen) atoms. The van der Waals surface area contributed by atoms with Gasteiger partial charge >= 0.3 is 0 Å². The Morgan fingerprint density at radius 1 is 0.500 bits per heavy atom. The van der Waals surface area contributed by atoms with Gasteiger partial charge in [-0.2, -0.15) is 0 Å². The van der Waals surface area contributed by atoms with Gasteiger partial charge in [0.2, 0.25) is 0 Å². The lowest BCUT2D eigenvalue weighted by atomic mass is 9.56. The molecule has 0 heterocycles. The van der Waals surface area contributed by atoms with E-state index in [1.165, 1.54) is 0 Å². The molecule has 0 saturated heterocycles. The summed E-state index contributed by atoms with van der Waals surface area (Å²) in [5.41, 5.74) is 0.929. The van der Waals surface area contributed by atoms with E-state index >= 15 is 0 Å². The molecule has 0 nitrogen and oxygen atoms in total. The van der Waals surface area contributed by atoms with Crippen LogP contribution >= 0.6 is 22.6 Å². The Morgan fingerprint density at radius 3 is 0.643 bits per heavy atom. The average Bonchev–Trinajstić information content (AvgIpc) is 1.77. The topological polar surface area (TPSA) is 0 Å². The van der Waals surface area contributed by atoms with Crippen LogP contribution in [0.15, 0.2) is 0 Å². The van der Waals surface area contributed by atoms with Crippen molar-refractivity contribution in [3.8, 4) is 0 Å². The van der Waals surface area contributed by atoms with Gasteiger partial charge in [-0.25, -0.2) is 0 Å². The van der Waals surface area contributed by atoms with Crippen LogP contribution in [0.1, 0.15) is 62.3 Å². The molecule has 0 aromatic rings. The highest BCUT2D eigenvalue weighted by atomic mass is 127. The van der Waals surface area contributed by atoms with Crippen LogP contribution in [0.4, 0.5) is 0 Å². The summed E-state index contributed by atoms with van der Waals surface area (Å²) in [5.74, 6) is 0. The van der Waals surface area contributed by atoms with E-state index in [0.717, 1.165) is 0 Å². The summed E-state index contributed by atoms with van der Waals surface area (Å²) in [7, 11) is 0. The van der Waals surface area contributed by atoms with Crippen LogP contribution in [-0.2, 0) is 0 Å². The predicted molar refractivity (Wildman–Crippen MR) is 75.1 cm³/mol. The van der Waals surface area contributed by atoms with Gasteiger partial charge < -0.3 is 0 Å². The smallest absolute Gasteiger partial charge is 0.0367 e. The molecule has 0 saturated carbocycles. The molecule has 1 heteroatoms. The van der Waals surface area contributed by atoms with Gasteiger partial charge in [0, 0.05) is 3.42 Å². The van der Waals surface area contributed by atoms with Gasteiger partial charge in [-0.05, 0) is 16.2 Å². The van der Waals surface area contributed by atoms with Crippen molar-refractivity contribution in [3.05, 3.63) is 0 Å². The first kappa shape index (κ1) is 14.7. The maximum atomic E-state index is 2.70. The summed E-state index contributed by atoms with van der Waals surface area (Å²) in [5, 5.41) is 0. The van der Waals surface area contributed by atoms with Gasteiger partial charge in [0.15, 0.2) is 0 Å². The van der Waals surface area contributed by atoms with Crippen molar-refractivity contribution in [1.82, 2.24) is 0 Å². The molecule has 0 atom stereocenters. The van der Waals surface area contributed by atoms with Crippen molar-refractivity contribution in [2.45, 2.75) is 65.7 Å². The number of hydrogen-bond donors (Lipinski definition) is 0. The molecule has 0 aliphatic rings. The fraction of sp³-hybridized carbons (Fsp3) is 1.00. The van der Waals surface area contributed by atoms with Crippen LogP contribution in [-0.4, -0.2) is 3.42 Å². The fourth-order valence-electron chi connectivity index (χ4n) is 3.38. The zero-order valence-electron chi connectivity index (χ0n) is 11.4. The van der Waals surface area contributed by atoms with Gasteiger partial charge in [0.1, 0.15) is 0 Å². The Balaban J connectivity index is 5.54. The zero-order valence-corrected chi connectivity index (χ0v) is 13.5. The largest absolute Gasteiger partial charge is 0.0771 e. The molecule has 86 valence electrons. The molecule has 0 unspecified atom stereocenters. The van der Waals surface area contributed by atoms with Gasteiger partial charge in [0.25, 0.3) is 0 Å². The minimum absolute atomic E-state index is 0.282. The molecule has 0 amide bonds. The highest BCUT2D eigenvalue weighted by Crippen LogP contribution is 2.60. The lowest BCUT2D eigenvalue weighted by molar-refractivity contribution is 0.0573. The zero-order chi connectivity index (χ0) is 12.0. The standard InChI is InChI=1S/C13H27I/c1-10(2,3)13(14,11(4,5)6)12(7,8)9/h1-9H3. The van der Waals surface area contributed by atoms with Crippen molar-refractivity contribution >= 4 is 22.6 Å². The highest BCUT2D eigenvalue weighted by Gasteiger charge is 2.55. The molecule has 0 aliphatic heterocycles. The maximum Gasteiger partial charge on any atom is 0.0367 e. The third-order valence-corrected chi connectivity index (χ3v) is 7.95. The Kier molecular flexibility index (Phi) is 3.83. The van der Waals surface area contributed by atoms with Crippen LogP contribution < -0.4 is 0 Å².